The molecular weight excluding hydrogens is 300 g/mol. The average molecular weight is 314 g/mol. The van der Waals surface area contributed by atoms with Crippen LogP contribution in [-0.2, 0) is 0 Å². The van der Waals surface area contributed by atoms with Crippen LogP contribution in [0.1, 0.15) is 10.4 Å². The van der Waals surface area contributed by atoms with Gasteiger partial charge in [0.2, 0.25) is 0 Å². The van der Waals surface area contributed by atoms with Crippen LogP contribution in [0.25, 0.3) is 27.7 Å². The Labute approximate surface area is 138 Å². The highest BCUT2D eigenvalue weighted by Crippen LogP contribution is 2.32. The number of rotatable bonds is 3. The van der Waals surface area contributed by atoms with E-state index in [2.05, 4.69) is 11.1 Å². The molecule has 0 bridgehead atoms. The summed E-state index contributed by atoms with van der Waals surface area (Å²) >= 11 is 0. The number of aromatic nitrogens is 2. The molecular formula is C20H14N2O2. The molecule has 2 heterocycles. The molecule has 4 heteroatoms. The number of para-hydroxylation sites is 1. The normalized spacial score (nSPS) is 10.8. The molecule has 0 saturated heterocycles. The van der Waals surface area contributed by atoms with Crippen LogP contribution in [0.2, 0.25) is 0 Å². The number of carboxylic acids is 1. The number of aromatic carboxylic acids is 1. The van der Waals surface area contributed by atoms with Gasteiger partial charge in [0.15, 0.2) is 0 Å². The monoisotopic (exact) mass is 314 g/mol. The maximum Gasteiger partial charge on any atom is 0.335 e. The van der Waals surface area contributed by atoms with Crippen LogP contribution in [0.5, 0.6) is 0 Å². The predicted octanol–water partition coefficient (Wildman–Crippen LogP) is 4.39. The van der Waals surface area contributed by atoms with E-state index < -0.39 is 5.97 Å². The van der Waals surface area contributed by atoms with Gasteiger partial charge in [-0.05, 0) is 42.0 Å². The summed E-state index contributed by atoms with van der Waals surface area (Å²) in [5, 5.41) is 10.4. The van der Waals surface area contributed by atoms with Crippen LogP contribution in [0, 0.1) is 0 Å². The number of nitrogens with zero attached hydrogens (tertiary/aromatic N) is 2. The van der Waals surface area contributed by atoms with Gasteiger partial charge in [-0.15, -0.1) is 0 Å². The van der Waals surface area contributed by atoms with Gasteiger partial charge in [0.05, 0.1) is 11.1 Å². The summed E-state index contributed by atoms with van der Waals surface area (Å²) in [6, 6.07) is 19.0. The van der Waals surface area contributed by atoms with Crippen molar-refractivity contribution in [3.05, 3.63) is 84.8 Å². The van der Waals surface area contributed by atoms with Crippen LogP contribution in [0.3, 0.4) is 0 Å². The molecule has 24 heavy (non-hydrogen) atoms. The average Bonchev–Trinajstić information content (AvgIpc) is 3.02. The molecule has 0 radical (unpaired) electrons. The maximum absolute atomic E-state index is 11.3. The Balaban J connectivity index is 1.97. The lowest BCUT2D eigenvalue weighted by atomic mass is 10.1. The molecule has 0 aliphatic rings. The van der Waals surface area contributed by atoms with E-state index in [4.69, 9.17) is 0 Å². The fourth-order valence-electron chi connectivity index (χ4n) is 2.94. The first-order valence-electron chi connectivity index (χ1n) is 7.58. The molecule has 0 amide bonds. The fourth-order valence-corrected chi connectivity index (χ4v) is 2.94. The minimum atomic E-state index is -0.928. The second-order valence-corrected chi connectivity index (χ2v) is 5.52. The Morgan fingerprint density at radius 2 is 1.75 bits per heavy atom. The summed E-state index contributed by atoms with van der Waals surface area (Å²) in [5.74, 6) is -0.928. The number of carbonyl (C=O) groups is 1. The molecule has 1 N–H and O–H groups in total. The Hall–Kier alpha value is -3.40. The van der Waals surface area contributed by atoms with Gasteiger partial charge in [-0.25, -0.2) is 4.79 Å². The van der Waals surface area contributed by atoms with Gasteiger partial charge < -0.3 is 9.67 Å². The zero-order chi connectivity index (χ0) is 16.5. The standard InChI is InChI=1S/C20H14N2O2/c23-20(24)15-4-3-5-16(12-15)22-13-18(14-8-10-21-11-9-14)17-6-1-2-7-19(17)22/h1-13H,(H,23,24). The van der Waals surface area contributed by atoms with E-state index in [0.29, 0.717) is 0 Å². The zero-order valence-electron chi connectivity index (χ0n) is 12.8. The second kappa shape index (κ2) is 5.66. The van der Waals surface area contributed by atoms with Crippen molar-refractivity contribution in [3.8, 4) is 16.8 Å². The van der Waals surface area contributed by atoms with Gasteiger partial charge in [0.25, 0.3) is 0 Å². The number of carboxylic acid groups (broad SMARTS) is 1. The molecule has 0 aliphatic heterocycles. The molecule has 2 aromatic carbocycles. The van der Waals surface area contributed by atoms with Gasteiger partial charge in [-0.2, -0.15) is 0 Å². The lowest BCUT2D eigenvalue weighted by Crippen LogP contribution is -1.99. The minimum absolute atomic E-state index is 0.274. The molecule has 116 valence electrons. The highest BCUT2D eigenvalue weighted by atomic mass is 16.4. The van der Waals surface area contributed by atoms with Crippen LogP contribution in [0.15, 0.2) is 79.3 Å². The first-order chi connectivity index (χ1) is 11.7. The van der Waals surface area contributed by atoms with E-state index >= 15 is 0 Å². The molecule has 0 aliphatic carbocycles. The quantitative estimate of drug-likeness (QED) is 0.610. The Bertz CT molecular complexity index is 1040. The molecule has 2 aromatic heterocycles. The summed E-state index contributed by atoms with van der Waals surface area (Å²) in [6.07, 6.45) is 5.58. The molecule has 0 saturated carbocycles. The van der Waals surface area contributed by atoms with Crippen molar-refractivity contribution in [3.63, 3.8) is 0 Å². The van der Waals surface area contributed by atoms with Crippen molar-refractivity contribution in [2.24, 2.45) is 0 Å². The van der Waals surface area contributed by atoms with E-state index in [1.54, 1.807) is 30.6 Å². The summed E-state index contributed by atoms with van der Waals surface area (Å²) in [7, 11) is 0. The van der Waals surface area contributed by atoms with Crippen molar-refractivity contribution in [2.75, 3.05) is 0 Å². The summed E-state index contributed by atoms with van der Waals surface area (Å²) < 4.78 is 2.03. The van der Waals surface area contributed by atoms with Crippen molar-refractivity contribution in [1.82, 2.24) is 9.55 Å². The molecule has 4 nitrogen and oxygen atoms in total. The summed E-state index contributed by atoms with van der Waals surface area (Å²) in [6.45, 7) is 0. The van der Waals surface area contributed by atoms with E-state index in [0.717, 1.165) is 27.7 Å². The molecule has 0 unspecified atom stereocenters. The van der Waals surface area contributed by atoms with Crippen molar-refractivity contribution >= 4 is 16.9 Å². The lowest BCUT2D eigenvalue weighted by Gasteiger charge is -2.06. The third-order valence-electron chi connectivity index (χ3n) is 4.07. The van der Waals surface area contributed by atoms with E-state index in [-0.39, 0.29) is 5.56 Å². The van der Waals surface area contributed by atoms with Gasteiger partial charge in [0.1, 0.15) is 0 Å². The largest absolute Gasteiger partial charge is 0.478 e. The second-order valence-electron chi connectivity index (χ2n) is 5.52. The third kappa shape index (κ3) is 2.34. The van der Waals surface area contributed by atoms with E-state index in [9.17, 15) is 9.90 Å². The van der Waals surface area contributed by atoms with Crippen molar-refractivity contribution in [1.29, 1.82) is 0 Å². The Morgan fingerprint density at radius 1 is 0.958 bits per heavy atom. The van der Waals surface area contributed by atoms with Gasteiger partial charge >= 0.3 is 5.97 Å². The van der Waals surface area contributed by atoms with Crippen molar-refractivity contribution in [2.45, 2.75) is 0 Å². The number of fused-ring (bicyclic) bond motifs is 1. The van der Waals surface area contributed by atoms with E-state index in [1.807, 2.05) is 47.2 Å². The first-order valence-corrected chi connectivity index (χ1v) is 7.58. The van der Waals surface area contributed by atoms with Gasteiger partial charge in [-0.3, -0.25) is 4.98 Å². The molecule has 4 aromatic rings. The number of pyridine rings is 1. The third-order valence-corrected chi connectivity index (χ3v) is 4.07. The molecule has 4 rings (SSSR count). The van der Waals surface area contributed by atoms with Crippen LogP contribution in [0.4, 0.5) is 0 Å². The van der Waals surface area contributed by atoms with Gasteiger partial charge in [-0.1, -0.05) is 24.3 Å². The lowest BCUT2D eigenvalue weighted by molar-refractivity contribution is 0.0697. The molecule has 0 fully saturated rings. The minimum Gasteiger partial charge on any atom is -0.478 e. The van der Waals surface area contributed by atoms with Crippen LogP contribution in [-0.4, -0.2) is 20.6 Å². The zero-order valence-corrected chi connectivity index (χ0v) is 12.8. The highest BCUT2D eigenvalue weighted by Gasteiger charge is 2.12. The molecule has 0 atom stereocenters. The van der Waals surface area contributed by atoms with Crippen LogP contribution >= 0.6 is 0 Å². The Morgan fingerprint density at radius 3 is 2.54 bits per heavy atom. The topological polar surface area (TPSA) is 55.1 Å². The van der Waals surface area contributed by atoms with Crippen molar-refractivity contribution < 1.29 is 9.90 Å². The van der Waals surface area contributed by atoms with Gasteiger partial charge in [0, 0.05) is 35.2 Å². The highest BCUT2D eigenvalue weighted by molar-refractivity contribution is 5.97. The first kappa shape index (κ1) is 14.2. The predicted molar refractivity (Wildman–Crippen MR) is 93.5 cm³/mol. The van der Waals surface area contributed by atoms with Crippen LogP contribution < -0.4 is 0 Å². The summed E-state index contributed by atoms with van der Waals surface area (Å²) in [5.41, 5.74) is 4.30. The summed E-state index contributed by atoms with van der Waals surface area (Å²) in [4.78, 5) is 15.3. The number of hydrogen-bond acceptors (Lipinski definition) is 2. The van der Waals surface area contributed by atoms with E-state index in [1.165, 1.54) is 0 Å². The molecule has 0 spiro atoms. The fraction of sp³-hybridized carbons (Fsp3) is 0. The SMILES string of the molecule is O=C(O)c1cccc(-n2cc(-c3ccncc3)c3ccccc32)c1. The smallest absolute Gasteiger partial charge is 0.335 e. The Kier molecular flexibility index (Phi) is 3.35. The number of benzene rings is 2. The number of hydrogen-bond donors (Lipinski definition) is 1. The maximum atomic E-state index is 11.3.